The minimum absolute atomic E-state index is 0.750. The molecule has 1 heterocycles. The summed E-state index contributed by atoms with van der Waals surface area (Å²) in [5.74, 6) is 0. The van der Waals surface area contributed by atoms with Gasteiger partial charge in [-0.25, -0.2) is 5.48 Å². The lowest BCUT2D eigenvalue weighted by Crippen LogP contribution is -2.01. The van der Waals surface area contributed by atoms with Crippen LogP contribution in [-0.2, 0) is 4.84 Å². The van der Waals surface area contributed by atoms with E-state index in [0.717, 1.165) is 0 Å². The predicted molar refractivity (Wildman–Crippen MR) is 34.1 cm³/mol. The zero-order valence-corrected chi connectivity index (χ0v) is 4.82. The largest absolute Gasteiger partial charge is 0.432 e. The van der Waals surface area contributed by atoms with Crippen LogP contribution in [0.15, 0.2) is 24.6 Å². The average molecular weight is 129 g/mol. The Morgan fingerprint density at radius 1 is 1.33 bits per heavy atom. The molecule has 5 heteroatoms. The van der Waals surface area contributed by atoms with Crippen LogP contribution in [0.25, 0.3) is 0 Å². The Morgan fingerprint density at radius 3 is 2.11 bits per heavy atom. The van der Waals surface area contributed by atoms with E-state index in [1.54, 1.807) is 18.5 Å². The normalized spacial score (nSPS) is 12.2. The highest BCUT2D eigenvalue weighted by Gasteiger charge is 1.72. The average Bonchev–Trinajstić information content (AvgIpc) is 1.93. The Balaban J connectivity index is 0.000000187. The number of allylic oxidation sites excluding steroid dienone is 2. The van der Waals surface area contributed by atoms with E-state index in [9.17, 15) is 0 Å². The number of hydrogen-bond acceptors (Lipinski definition) is 4. The second-order valence-electron chi connectivity index (χ2n) is 1.06. The maximum Gasteiger partial charge on any atom is 0.432 e. The van der Waals surface area contributed by atoms with Gasteiger partial charge in [0.15, 0.2) is 0 Å². The molecule has 0 bridgehead atoms. The summed E-state index contributed by atoms with van der Waals surface area (Å²) >= 11 is 0. The maximum absolute atomic E-state index is 7.12. The number of rotatable bonds is 0. The lowest BCUT2D eigenvalue weighted by Gasteiger charge is -1.97. The van der Waals surface area contributed by atoms with Crippen LogP contribution in [0.2, 0.25) is 0 Å². The molecule has 0 aromatic rings. The van der Waals surface area contributed by atoms with Crippen LogP contribution in [0.1, 0.15) is 0 Å². The summed E-state index contributed by atoms with van der Waals surface area (Å²) in [5.41, 5.74) is 2.52. The highest BCUT2D eigenvalue weighted by molar-refractivity contribution is 6.13. The van der Waals surface area contributed by atoms with E-state index in [-0.39, 0.29) is 0 Å². The molecule has 0 unspecified atom stereocenters. The molecule has 1 aliphatic rings. The summed E-state index contributed by atoms with van der Waals surface area (Å²) in [6, 6.07) is 0. The van der Waals surface area contributed by atoms with Crippen LogP contribution >= 0.6 is 0 Å². The number of nitrogens with one attached hydrogen (secondary N) is 1. The molecular formula is C4H8BNO3. The van der Waals surface area contributed by atoms with Crippen molar-refractivity contribution in [2.45, 2.75) is 0 Å². The Hall–Kier alpha value is -0.935. The second-order valence-corrected chi connectivity index (χ2v) is 1.06. The molecule has 0 fully saturated rings. The molecular weight excluding hydrogens is 121 g/mol. The molecule has 0 atom stereocenters. The Bertz CT molecular complexity index is 92.0. The van der Waals surface area contributed by atoms with Gasteiger partial charge >= 0.3 is 7.69 Å². The van der Waals surface area contributed by atoms with E-state index in [0.29, 0.717) is 0 Å². The van der Waals surface area contributed by atoms with Crippen LogP contribution in [0.3, 0.4) is 0 Å². The first-order valence-electron chi connectivity index (χ1n) is 2.36. The van der Waals surface area contributed by atoms with Crippen molar-refractivity contribution in [2.75, 3.05) is 0 Å². The van der Waals surface area contributed by atoms with Crippen LogP contribution in [0.5, 0.6) is 0 Å². The van der Waals surface area contributed by atoms with Crippen molar-refractivity contribution in [3.8, 4) is 0 Å². The molecule has 0 saturated carbocycles. The van der Waals surface area contributed by atoms with Gasteiger partial charge in [0.2, 0.25) is 0 Å². The van der Waals surface area contributed by atoms with Crippen LogP contribution < -0.4 is 5.48 Å². The molecule has 0 spiro atoms. The van der Waals surface area contributed by atoms with Crippen molar-refractivity contribution >= 4 is 7.69 Å². The van der Waals surface area contributed by atoms with Gasteiger partial charge in [-0.2, -0.15) is 0 Å². The molecule has 0 aliphatic carbocycles. The minimum Gasteiger partial charge on any atom is -0.430 e. The third kappa shape index (κ3) is 7.06. The van der Waals surface area contributed by atoms with E-state index in [1.807, 2.05) is 6.08 Å². The molecule has 0 saturated heterocycles. The van der Waals surface area contributed by atoms with Crippen LogP contribution in [-0.4, -0.2) is 17.7 Å². The highest BCUT2D eigenvalue weighted by atomic mass is 16.6. The molecule has 0 amide bonds. The van der Waals surface area contributed by atoms with Gasteiger partial charge in [0.1, 0.15) is 6.26 Å². The van der Waals surface area contributed by atoms with Gasteiger partial charge in [0.25, 0.3) is 0 Å². The second kappa shape index (κ2) is 7.06. The first kappa shape index (κ1) is 8.06. The van der Waals surface area contributed by atoms with Gasteiger partial charge in [0.05, 0.1) is 0 Å². The highest BCUT2D eigenvalue weighted by Crippen LogP contribution is 1.80. The molecule has 1 aliphatic heterocycles. The SMILES string of the molecule is C1=CNOC=C1.OBO. The fourth-order valence-corrected chi connectivity index (χ4v) is 0.258. The number of hydrogen-bond donors (Lipinski definition) is 3. The summed E-state index contributed by atoms with van der Waals surface area (Å²) < 4.78 is 0. The fraction of sp³-hybridized carbons (Fsp3) is 0. The van der Waals surface area contributed by atoms with Gasteiger partial charge in [-0.15, -0.1) is 0 Å². The van der Waals surface area contributed by atoms with Crippen molar-refractivity contribution in [1.82, 2.24) is 5.48 Å². The Morgan fingerprint density at radius 2 is 2.00 bits per heavy atom. The standard InChI is InChI=1S/C4H5NO.BH3O2/c1-2-4-6-5-3-1;2-1-3/h1-5H;1-3H. The molecule has 0 radical (unpaired) electrons. The van der Waals surface area contributed by atoms with Crippen molar-refractivity contribution in [1.29, 1.82) is 0 Å². The first-order valence-corrected chi connectivity index (χ1v) is 2.36. The summed E-state index contributed by atoms with van der Waals surface area (Å²) in [4.78, 5) is 4.55. The molecule has 0 aromatic carbocycles. The molecule has 9 heavy (non-hydrogen) atoms. The summed E-state index contributed by atoms with van der Waals surface area (Å²) in [5, 5.41) is 14.2. The van der Waals surface area contributed by atoms with Crippen LogP contribution in [0, 0.1) is 0 Å². The minimum atomic E-state index is -0.750. The maximum atomic E-state index is 7.12. The van der Waals surface area contributed by atoms with Gasteiger partial charge in [-0.05, 0) is 12.2 Å². The van der Waals surface area contributed by atoms with Crippen molar-refractivity contribution < 1.29 is 14.9 Å². The Kier molecular flexibility index (Phi) is 6.33. The predicted octanol–water partition coefficient (Wildman–Crippen LogP) is -1.21. The monoisotopic (exact) mass is 129 g/mol. The van der Waals surface area contributed by atoms with E-state index < -0.39 is 7.69 Å². The van der Waals surface area contributed by atoms with Crippen molar-refractivity contribution in [3.63, 3.8) is 0 Å². The van der Waals surface area contributed by atoms with Gasteiger partial charge in [-0.3, -0.25) is 0 Å². The van der Waals surface area contributed by atoms with E-state index in [4.69, 9.17) is 10.0 Å². The summed E-state index contributed by atoms with van der Waals surface area (Å²) in [6.45, 7) is 0. The Labute approximate surface area is 53.7 Å². The van der Waals surface area contributed by atoms with Crippen molar-refractivity contribution in [3.05, 3.63) is 24.6 Å². The number of hydroxylamine groups is 1. The smallest absolute Gasteiger partial charge is 0.430 e. The molecule has 0 aromatic heterocycles. The summed E-state index contributed by atoms with van der Waals surface area (Å²) in [7, 11) is -0.750. The lowest BCUT2D eigenvalue weighted by atomic mass is 10.5. The quantitative estimate of drug-likeness (QED) is 0.359. The van der Waals surface area contributed by atoms with Crippen LogP contribution in [0.4, 0.5) is 0 Å². The fourth-order valence-electron chi connectivity index (χ4n) is 0.258. The van der Waals surface area contributed by atoms with E-state index >= 15 is 0 Å². The third-order valence-corrected chi connectivity index (χ3v) is 0.490. The summed E-state index contributed by atoms with van der Waals surface area (Å²) in [6.07, 6.45) is 6.93. The first-order chi connectivity index (χ1) is 4.41. The van der Waals surface area contributed by atoms with Gasteiger partial charge in [0, 0.05) is 6.20 Å². The molecule has 50 valence electrons. The lowest BCUT2D eigenvalue weighted by molar-refractivity contribution is 0.172. The molecule has 1 rings (SSSR count). The third-order valence-electron chi connectivity index (χ3n) is 0.490. The van der Waals surface area contributed by atoms with Gasteiger partial charge in [-0.1, -0.05) is 0 Å². The van der Waals surface area contributed by atoms with E-state index in [1.165, 1.54) is 0 Å². The molecule has 4 nitrogen and oxygen atoms in total. The molecule has 3 N–H and O–H groups in total. The zero-order chi connectivity index (χ0) is 6.95. The van der Waals surface area contributed by atoms with Gasteiger partial charge < -0.3 is 14.9 Å². The topological polar surface area (TPSA) is 61.7 Å². The van der Waals surface area contributed by atoms with Crippen molar-refractivity contribution in [2.24, 2.45) is 0 Å². The zero-order valence-electron chi connectivity index (χ0n) is 4.82. The van der Waals surface area contributed by atoms with E-state index in [2.05, 4.69) is 10.3 Å².